The molecule has 1 aromatic rings. The van der Waals surface area contributed by atoms with Gasteiger partial charge < -0.3 is 15.0 Å². The lowest BCUT2D eigenvalue weighted by Crippen LogP contribution is -2.41. The topological polar surface area (TPSA) is 57.4 Å². The minimum absolute atomic E-state index is 0.0920. The van der Waals surface area contributed by atoms with Crippen LogP contribution < -0.4 is 5.73 Å². The van der Waals surface area contributed by atoms with E-state index >= 15 is 0 Å². The summed E-state index contributed by atoms with van der Waals surface area (Å²) < 4.78 is 50.0. The molecule has 8 heteroatoms. The van der Waals surface area contributed by atoms with Crippen LogP contribution in [0.1, 0.15) is 39.0 Å². The average Bonchev–Trinajstić information content (AvgIpc) is 2.64. The zero-order valence-electron chi connectivity index (χ0n) is 13.6. The van der Waals surface area contributed by atoms with E-state index in [0.29, 0.717) is 5.47 Å². The Labute approximate surface area is 134 Å². The van der Waals surface area contributed by atoms with Crippen molar-refractivity contribution < 1.29 is 22.5 Å². The maximum atomic E-state index is 12.8. The van der Waals surface area contributed by atoms with Gasteiger partial charge in [0.25, 0.3) is 0 Å². The number of nitrogens with zero attached hydrogens (tertiary/aromatic N) is 1. The van der Waals surface area contributed by atoms with Crippen LogP contribution >= 0.6 is 0 Å². The molecule has 1 aromatic heterocycles. The summed E-state index contributed by atoms with van der Waals surface area (Å²) in [6, 6.07) is 1.90. The molecule has 1 saturated heterocycles. The van der Waals surface area contributed by atoms with Gasteiger partial charge in [-0.05, 0) is 51.4 Å². The van der Waals surface area contributed by atoms with Crippen molar-refractivity contribution in [2.45, 2.75) is 45.1 Å². The summed E-state index contributed by atoms with van der Waals surface area (Å²) in [6.07, 6.45) is -1.82. The first kappa shape index (κ1) is 18.0. The van der Waals surface area contributed by atoms with Crippen LogP contribution in [-0.2, 0) is 15.5 Å². The standard InChI is InChI=1S/C15H20BF3N2O2/c1-13(2)14(3,4)23-16(22-13)11(9-20)8-12-7-10(5-6-21-12)15(17,18)19/h5-8H,9,20H2,1-4H3. The van der Waals surface area contributed by atoms with Gasteiger partial charge in [-0.1, -0.05) is 0 Å². The Kier molecular flexibility index (Phi) is 4.63. The highest BCUT2D eigenvalue weighted by atomic mass is 19.4. The number of nitrogens with two attached hydrogens (primary N) is 1. The Balaban J connectivity index is 2.31. The third-order valence-corrected chi connectivity index (χ3v) is 4.23. The second-order valence-electron chi connectivity index (χ2n) is 6.48. The number of pyridine rings is 1. The molecule has 4 nitrogen and oxygen atoms in total. The van der Waals surface area contributed by atoms with E-state index < -0.39 is 30.1 Å². The minimum atomic E-state index is -4.42. The van der Waals surface area contributed by atoms with E-state index in [-0.39, 0.29) is 12.2 Å². The summed E-state index contributed by atoms with van der Waals surface area (Å²) in [4.78, 5) is 3.94. The lowest BCUT2D eigenvalue weighted by molar-refractivity contribution is -0.137. The molecule has 0 amide bonds. The Bertz CT molecular complexity index is 599. The van der Waals surface area contributed by atoms with Gasteiger partial charge in [0, 0.05) is 12.7 Å². The SMILES string of the molecule is CC1(C)OB(C(=Cc2cc(C(F)(F)F)ccn2)CN)OC1(C)C. The van der Waals surface area contributed by atoms with Crippen molar-refractivity contribution in [3.05, 3.63) is 35.1 Å². The second kappa shape index (κ2) is 5.92. The molecule has 0 spiro atoms. The van der Waals surface area contributed by atoms with Crippen molar-refractivity contribution >= 4 is 13.2 Å². The number of rotatable bonds is 3. The molecule has 0 atom stereocenters. The predicted molar refractivity (Wildman–Crippen MR) is 82.4 cm³/mol. The molecular formula is C15H20BF3N2O2. The molecule has 23 heavy (non-hydrogen) atoms. The van der Waals surface area contributed by atoms with Crippen molar-refractivity contribution in [1.29, 1.82) is 0 Å². The van der Waals surface area contributed by atoms with E-state index in [0.717, 1.165) is 18.3 Å². The molecule has 1 aliphatic rings. The monoisotopic (exact) mass is 328 g/mol. The molecule has 2 N–H and O–H groups in total. The van der Waals surface area contributed by atoms with Gasteiger partial charge in [-0.25, -0.2) is 0 Å². The van der Waals surface area contributed by atoms with E-state index in [1.54, 1.807) is 0 Å². The van der Waals surface area contributed by atoms with E-state index in [1.165, 1.54) is 6.08 Å². The average molecular weight is 328 g/mol. The molecule has 0 unspecified atom stereocenters. The maximum absolute atomic E-state index is 12.8. The summed E-state index contributed by atoms with van der Waals surface area (Å²) >= 11 is 0. The molecule has 0 aromatic carbocycles. The first-order chi connectivity index (χ1) is 10.5. The van der Waals surface area contributed by atoms with Crippen LogP contribution in [0.2, 0.25) is 0 Å². The largest absolute Gasteiger partial charge is 0.491 e. The zero-order chi connectivity index (χ0) is 17.5. The highest BCUT2D eigenvalue weighted by Crippen LogP contribution is 2.38. The Morgan fingerprint density at radius 2 is 1.83 bits per heavy atom. The van der Waals surface area contributed by atoms with Crippen molar-refractivity contribution in [2.24, 2.45) is 5.73 Å². The number of halogens is 3. The molecule has 0 radical (unpaired) electrons. The lowest BCUT2D eigenvalue weighted by atomic mass is 9.77. The second-order valence-corrected chi connectivity index (χ2v) is 6.48. The Hall–Kier alpha value is -1.38. The zero-order valence-corrected chi connectivity index (χ0v) is 13.6. The van der Waals surface area contributed by atoms with Gasteiger partial charge in [0.05, 0.1) is 22.5 Å². The molecular weight excluding hydrogens is 308 g/mol. The first-order valence-corrected chi connectivity index (χ1v) is 7.26. The molecule has 126 valence electrons. The number of alkyl halides is 3. The summed E-state index contributed by atoms with van der Waals surface area (Å²) in [7, 11) is -0.707. The molecule has 1 aliphatic heterocycles. The third-order valence-electron chi connectivity index (χ3n) is 4.23. The van der Waals surface area contributed by atoms with Gasteiger partial charge >= 0.3 is 13.3 Å². The predicted octanol–water partition coefficient (Wildman–Crippen LogP) is 3.07. The first-order valence-electron chi connectivity index (χ1n) is 7.26. The van der Waals surface area contributed by atoms with Gasteiger partial charge in [0.1, 0.15) is 0 Å². The molecule has 0 bridgehead atoms. The van der Waals surface area contributed by atoms with E-state index in [4.69, 9.17) is 15.0 Å². The van der Waals surface area contributed by atoms with Gasteiger partial charge in [-0.2, -0.15) is 13.2 Å². The lowest BCUT2D eigenvalue weighted by Gasteiger charge is -2.32. The van der Waals surface area contributed by atoms with Crippen LogP contribution in [-0.4, -0.2) is 29.8 Å². The van der Waals surface area contributed by atoms with Crippen LogP contribution in [0.5, 0.6) is 0 Å². The van der Waals surface area contributed by atoms with Crippen LogP contribution in [0.15, 0.2) is 23.8 Å². The van der Waals surface area contributed by atoms with Crippen molar-refractivity contribution in [3.8, 4) is 0 Å². The Morgan fingerprint density at radius 1 is 1.26 bits per heavy atom. The fourth-order valence-corrected chi connectivity index (χ4v) is 2.11. The van der Waals surface area contributed by atoms with Crippen molar-refractivity contribution in [3.63, 3.8) is 0 Å². The highest BCUT2D eigenvalue weighted by molar-refractivity contribution is 6.55. The molecule has 0 aliphatic carbocycles. The molecule has 1 fully saturated rings. The van der Waals surface area contributed by atoms with Gasteiger partial charge in [0.15, 0.2) is 0 Å². The summed E-state index contributed by atoms with van der Waals surface area (Å²) in [5, 5.41) is 0. The van der Waals surface area contributed by atoms with Crippen LogP contribution in [0.25, 0.3) is 6.08 Å². The van der Waals surface area contributed by atoms with E-state index in [1.807, 2.05) is 27.7 Å². The van der Waals surface area contributed by atoms with Crippen molar-refractivity contribution in [2.75, 3.05) is 6.54 Å². The summed E-state index contributed by atoms with van der Waals surface area (Å²) in [5.74, 6) is 0. The van der Waals surface area contributed by atoms with Crippen LogP contribution in [0.4, 0.5) is 13.2 Å². The number of hydrogen-bond acceptors (Lipinski definition) is 4. The van der Waals surface area contributed by atoms with Gasteiger partial charge in [0.2, 0.25) is 0 Å². The molecule has 2 rings (SSSR count). The van der Waals surface area contributed by atoms with Crippen LogP contribution in [0, 0.1) is 0 Å². The normalized spacial score (nSPS) is 20.9. The quantitative estimate of drug-likeness (QED) is 0.867. The number of hydrogen-bond donors (Lipinski definition) is 1. The van der Waals surface area contributed by atoms with Gasteiger partial charge in [-0.3, -0.25) is 4.98 Å². The van der Waals surface area contributed by atoms with Crippen LogP contribution in [0.3, 0.4) is 0 Å². The summed E-state index contributed by atoms with van der Waals surface area (Å²) in [5.41, 5.74) is 4.57. The fourth-order valence-electron chi connectivity index (χ4n) is 2.11. The fraction of sp³-hybridized carbons (Fsp3) is 0.533. The maximum Gasteiger partial charge on any atom is 0.491 e. The third kappa shape index (κ3) is 3.76. The highest BCUT2D eigenvalue weighted by Gasteiger charge is 2.52. The molecule has 0 saturated carbocycles. The molecule has 2 heterocycles. The van der Waals surface area contributed by atoms with E-state index in [2.05, 4.69) is 4.98 Å². The van der Waals surface area contributed by atoms with Crippen molar-refractivity contribution in [1.82, 2.24) is 4.98 Å². The smallest absolute Gasteiger partial charge is 0.400 e. The van der Waals surface area contributed by atoms with E-state index in [9.17, 15) is 13.2 Å². The Morgan fingerprint density at radius 3 is 2.30 bits per heavy atom. The van der Waals surface area contributed by atoms with Gasteiger partial charge in [-0.15, -0.1) is 0 Å². The minimum Gasteiger partial charge on any atom is -0.400 e. The summed E-state index contributed by atoms with van der Waals surface area (Å²) in [6.45, 7) is 7.66. The number of aromatic nitrogens is 1.